The molecule has 1 spiro atoms. The molecule has 3 rings (SSSR count). The number of alkyl carbamates (subject to hydrolysis) is 1. The van der Waals surface area contributed by atoms with Gasteiger partial charge in [-0.05, 0) is 71.0 Å². The minimum Gasteiger partial charge on any atom is -0.479 e. The van der Waals surface area contributed by atoms with Crippen molar-refractivity contribution in [2.45, 2.75) is 140 Å². The smallest absolute Gasteiger partial charge is 0.408 e. The zero-order valence-electron chi connectivity index (χ0n) is 25.5. The van der Waals surface area contributed by atoms with Crippen molar-refractivity contribution in [2.24, 2.45) is 0 Å². The first-order valence-corrected chi connectivity index (χ1v) is 17.5. The van der Waals surface area contributed by atoms with E-state index >= 15 is 0 Å². The van der Waals surface area contributed by atoms with Crippen LogP contribution in [0, 0.1) is 0 Å². The fourth-order valence-corrected chi connectivity index (χ4v) is 7.14. The third-order valence-corrected chi connectivity index (χ3v) is 13.4. The Morgan fingerprint density at radius 1 is 1.07 bits per heavy atom. The molecule has 3 aliphatic heterocycles. The summed E-state index contributed by atoms with van der Waals surface area (Å²) in [5, 5.41) is 15.9. The van der Waals surface area contributed by atoms with E-state index in [1.165, 1.54) is 4.90 Å². The molecule has 0 radical (unpaired) electrons. The van der Waals surface area contributed by atoms with Crippen LogP contribution in [0.25, 0.3) is 0 Å². The van der Waals surface area contributed by atoms with E-state index in [1.54, 1.807) is 20.8 Å². The number of β-lactam (4-membered cyclic amide) rings is 1. The lowest BCUT2D eigenvalue weighted by molar-refractivity contribution is -0.181. The zero-order chi connectivity index (χ0) is 30.1. The quantitative estimate of drug-likeness (QED) is 0.254. The first kappa shape index (κ1) is 32.1. The molecular weight excluding hydrogens is 530 g/mol. The summed E-state index contributed by atoms with van der Waals surface area (Å²) in [6, 6.07) is -0.961. The Balaban J connectivity index is 2.07. The van der Waals surface area contributed by atoms with Gasteiger partial charge in [-0.25, -0.2) is 9.59 Å². The van der Waals surface area contributed by atoms with Crippen LogP contribution in [-0.4, -0.2) is 77.6 Å². The van der Waals surface area contributed by atoms with Crippen molar-refractivity contribution >= 4 is 32.2 Å². The number of amides is 3. The van der Waals surface area contributed by atoms with Gasteiger partial charge in [-0.2, -0.15) is 0 Å². The molecule has 0 aromatic rings. The summed E-state index contributed by atoms with van der Waals surface area (Å²) < 4.78 is 12.1. The second-order valence-electron chi connectivity index (χ2n) is 14.0. The van der Waals surface area contributed by atoms with Crippen molar-refractivity contribution in [2.75, 3.05) is 6.54 Å². The fourth-order valence-electron chi connectivity index (χ4n) is 5.79. The molecule has 0 bridgehead atoms. The number of rotatable bonds is 4. The highest BCUT2D eigenvalue weighted by Gasteiger charge is 2.76. The molecule has 3 aliphatic rings. The van der Waals surface area contributed by atoms with Gasteiger partial charge in [-0.15, -0.1) is 0 Å². The maximum atomic E-state index is 14.3. The monoisotopic (exact) mass is 579 g/mol. The number of nitrogens with zero attached hydrogens (tertiary/aromatic N) is 1. The molecule has 4 unspecified atom stereocenters. The number of carbonyl (C=O) groups is 4. The maximum Gasteiger partial charge on any atom is 0.408 e. The Morgan fingerprint density at radius 3 is 2.30 bits per heavy atom. The molecule has 4 atom stereocenters. The van der Waals surface area contributed by atoms with Crippen LogP contribution in [0.15, 0.2) is 12.2 Å². The largest absolute Gasteiger partial charge is 0.479 e. The molecule has 226 valence electrons. The Hall–Kier alpha value is -2.40. The first-order valence-electron chi connectivity index (χ1n) is 14.6. The van der Waals surface area contributed by atoms with Crippen LogP contribution in [0.4, 0.5) is 4.79 Å². The second-order valence-corrected chi connectivity index (χ2v) is 18.8. The highest BCUT2D eigenvalue weighted by Crippen LogP contribution is 2.50. The van der Waals surface area contributed by atoms with Crippen molar-refractivity contribution in [3.8, 4) is 0 Å². The highest BCUT2D eigenvalue weighted by atomic mass is 28.4. The number of carboxylic acid groups (broad SMARTS) is 1. The maximum absolute atomic E-state index is 14.3. The van der Waals surface area contributed by atoms with Gasteiger partial charge in [-0.3, -0.25) is 9.59 Å². The molecule has 0 aliphatic carbocycles. The van der Waals surface area contributed by atoms with Crippen LogP contribution in [0.5, 0.6) is 0 Å². The van der Waals surface area contributed by atoms with Crippen LogP contribution < -0.4 is 10.6 Å². The zero-order valence-corrected chi connectivity index (χ0v) is 26.5. The number of allylic oxidation sites excluding steroid dienone is 2. The highest BCUT2D eigenvalue weighted by molar-refractivity contribution is 6.74. The molecule has 0 saturated carbocycles. The Labute approximate surface area is 239 Å². The van der Waals surface area contributed by atoms with E-state index in [-0.39, 0.29) is 24.4 Å². The van der Waals surface area contributed by atoms with Crippen LogP contribution >= 0.6 is 0 Å². The molecule has 40 heavy (non-hydrogen) atoms. The Kier molecular flexibility index (Phi) is 9.21. The SMILES string of the molecule is CC(C)(C)OC(=O)NC1CCCCC/C=C/CCC2(C(=O)O)NC(=O)C23CC(O[Si](C)(C)C(C)(C)C)CN3C1=O. The molecule has 3 heterocycles. The van der Waals surface area contributed by atoms with Crippen LogP contribution in [0.2, 0.25) is 18.1 Å². The van der Waals surface area contributed by atoms with E-state index in [0.717, 1.165) is 19.3 Å². The van der Waals surface area contributed by atoms with Crippen LogP contribution in [-0.2, 0) is 23.5 Å². The van der Waals surface area contributed by atoms with E-state index in [0.29, 0.717) is 19.3 Å². The molecule has 0 aromatic carbocycles. The molecule has 0 aromatic heterocycles. The van der Waals surface area contributed by atoms with Gasteiger partial charge in [0, 0.05) is 13.0 Å². The third kappa shape index (κ3) is 6.25. The second kappa shape index (κ2) is 11.5. The fraction of sp³-hybridized carbons (Fsp3) is 0.793. The van der Waals surface area contributed by atoms with Gasteiger partial charge in [-0.1, -0.05) is 45.8 Å². The average molecular weight is 580 g/mol. The number of ether oxygens (including phenoxy) is 1. The van der Waals surface area contributed by atoms with Crippen molar-refractivity contribution in [3.63, 3.8) is 0 Å². The van der Waals surface area contributed by atoms with Crippen molar-refractivity contribution < 1.29 is 33.4 Å². The number of hydrogen-bond donors (Lipinski definition) is 3. The number of hydrogen-bond acceptors (Lipinski definition) is 6. The number of aliphatic carboxylic acids is 1. The minimum absolute atomic E-state index is 0.0795. The van der Waals surface area contributed by atoms with Crippen molar-refractivity contribution in [1.29, 1.82) is 0 Å². The molecule has 2 saturated heterocycles. The summed E-state index contributed by atoms with van der Waals surface area (Å²) >= 11 is 0. The molecule has 2 fully saturated rings. The van der Waals surface area contributed by atoms with Gasteiger partial charge in [0.1, 0.15) is 11.6 Å². The molecule has 3 amide bonds. The van der Waals surface area contributed by atoms with E-state index in [2.05, 4.69) is 44.5 Å². The third-order valence-electron chi connectivity index (χ3n) is 8.88. The van der Waals surface area contributed by atoms with Gasteiger partial charge in [0.15, 0.2) is 19.4 Å². The van der Waals surface area contributed by atoms with Gasteiger partial charge >= 0.3 is 12.1 Å². The summed E-state index contributed by atoms with van der Waals surface area (Å²) in [5.74, 6) is -2.13. The predicted molar refractivity (Wildman–Crippen MR) is 154 cm³/mol. The molecule has 11 heteroatoms. The number of carbonyl (C=O) groups excluding carboxylic acids is 3. The summed E-state index contributed by atoms with van der Waals surface area (Å²) in [6.45, 7) is 15.8. The normalized spacial score (nSPS) is 31.1. The van der Waals surface area contributed by atoms with E-state index in [4.69, 9.17) is 9.16 Å². The summed E-state index contributed by atoms with van der Waals surface area (Å²) in [4.78, 5) is 55.0. The van der Waals surface area contributed by atoms with E-state index in [1.807, 2.05) is 12.2 Å². The Bertz CT molecular complexity index is 1030. The summed E-state index contributed by atoms with van der Waals surface area (Å²) in [6.07, 6.45) is 7.11. The summed E-state index contributed by atoms with van der Waals surface area (Å²) in [5.41, 5.74) is -4.03. The predicted octanol–water partition coefficient (Wildman–Crippen LogP) is 4.49. The first-order chi connectivity index (χ1) is 18.4. The van der Waals surface area contributed by atoms with E-state index < -0.39 is 61.0 Å². The lowest BCUT2D eigenvalue weighted by atomic mass is 9.64. The topological polar surface area (TPSA) is 134 Å². The van der Waals surface area contributed by atoms with E-state index in [9.17, 15) is 24.3 Å². The van der Waals surface area contributed by atoms with Crippen LogP contribution in [0.3, 0.4) is 0 Å². The Morgan fingerprint density at radius 2 is 1.73 bits per heavy atom. The van der Waals surface area contributed by atoms with Crippen molar-refractivity contribution in [1.82, 2.24) is 15.5 Å². The molecular formula is C29H49N3O7Si. The summed E-state index contributed by atoms with van der Waals surface area (Å²) in [7, 11) is -2.32. The van der Waals surface area contributed by atoms with Crippen molar-refractivity contribution in [3.05, 3.63) is 12.2 Å². The van der Waals surface area contributed by atoms with Gasteiger partial charge in [0.05, 0.1) is 6.10 Å². The number of carboxylic acids is 1. The van der Waals surface area contributed by atoms with Gasteiger partial charge in [0.2, 0.25) is 11.8 Å². The average Bonchev–Trinajstić information content (AvgIpc) is 3.20. The number of nitrogens with one attached hydrogen (secondary N) is 2. The van der Waals surface area contributed by atoms with Crippen LogP contribution in [0.1, 0.15) is 92.9 Å². The standard InChI is InChI=1S/C29H49N3O7Si/c1-26(2,3)38-25(37)30-21-16-14-12-10-9-11-13-15-17-28(24(35)36)29(23(34)31-28)18-20(19-32(29)22(21)33)39-40(7,8)27(4,5)6/h11,13,20-21H,9-10,12,14-19H2,1-8H3,(H,30,37)(H,31,34)(H,35,36)/b13-11+. The minimum atomic E-state index is -2.32. The van der Waals surface area contributed by atoms with Gasteiger partial charge < -0.3 is 29.8 Å². The lowest BCUT2D eigenvalue weighted by Crippen LogP contribution is -2.88. The molecule has 10 nitrogen and oxygen atoms in total. The lowest BCUT2D eigenvalue weighted by Gasteiger charge is -2.57. The van der Waals surface area contributed by atoms with Gasteiger partial charge in [0.25, 0.3) is 0 Å². The molecule has 3 N–H and O–H groups in total.